The van der Waals surface area contributed by atoms with Crippen molar-refractivity contribution in [1.29, 1.82) is 0 Å². The third-order valence-corrected chi connectivity index (χ3v) is 2.33. The third-order valence-electron chi connectivity index (χ3n) is 2.12. The van der Waals surface area contributed by atoms with E-state index in [4.69, 9.17) is 17.3 Å². The van der Waals surface area contributed by atoms with Gasteiger partial charge in [-0.3, -0.25) is 4.79 Å². The second kappa shape index (κ2) is 3.00. The number of amides is 1. The van der Waals surface area contributed by atoms with Crippen molar-refractivity contribution in [1.82, 2.24) is 4.98 Å². The van der Waals surface area contributed by atoms with Crippen molar-refractivity contribution < 1.29 is 4.79 Å². The van der Waals surface area contributed by atoms with E-state index in [2.05, 4.69) is 4.98 Å². The van der Waals surface area contributed by atoms with Crippen LogP contribution < -0.4 is 5.73 Å². The fraction of sp³-hybridized carbons (Fsp3) is 0.333. The first-order valence-corrected chi connectivity index (χ1v) is 4.52. The number of nitrogens with two attached hydrogens (primary N) is 1. The van der Waals surface area contributed by atoms with Crippen LogP contribution in [0.5, 0.6) is 0 Å². The molecule has 1 aromatic rings. The molecule has 0 spiro atoms. The van der Waals surface area contributed by atoms with E-state index in [1.54, 1.807) is 12.1 Å². The molecule has 0 atom stereocenters. The second-order valence-corrected chi connectivity index (χ2v) is 3.59. The summed E-state index contributed by atoms with van der Waals surface area (Å²) in [5.74, 6) is -0.0349. The fourth-order valence-electron chi connectivity index (χ4n) is 1.33. The minimum absolute atomic E-state index is 0.390. The minimum atomic E-state index is -0.425. The van der Waals surface area contributed by atoms with Crippen molar-refractivity contribution in [2.24, 2.45) is 5.73 Å². The molecule has 0 unspecified atom stereocenters. The molecule has 4 heteroatoms. The second-order valence-electron chi connectivity index (χ2n) is 3.21. The van der Waals surface area contributed by atoms with Crippen LogP contribution in [0, 0.1) is 0 Å². The number of aromatic nitrogens is 1. The normalized spacial score (nSPS) is 15.8. The van der Waals surface area contributed by atoms with Gasteiger partial charge in [0.1, 0.15) is 5.15 Å². The van der Waals surface area contributed by atoms with E-state index in [-0.39, 0.29) is 0 Å². The molecule has 0 bridgehead atoms. The van der Waals surface area contributed by atoms with Crippen LogP contribution in [0.25, 0.3) is 0 Å². The van der Waals surface area contributed by atoms with E-state index >= 15 is 0 Å². The first-order chi connectivity index (χ1) is 6.18. The number of pyridine rings is 1. The van der Waals surface area contributed by atoms with Gasteiger partial charge in [-0.15, -0.1) is 0 Å². The highest BCUT2D eigenvalue weighted by Gasteiger charge is 2.29. The van der Waals surface area contributed by atoms with Crippen molar-refractivity contribution in [2.75, 3.05) is 0 Å². The van der Waals surface area contributed by atoms with E-state index in [0.717, 1.165) is 18.5 Å². The Balaban J connectivity index is 2.47. The fourth-order valence-corrected chi connectivity index (χ4v) is 1.48. The standard InChI is InChI=1S/C9H9ClN2O/c10-7-4-3-6(9(11)13)8(12-7)5-1-2-5/h3-5H,1-2H2,(H2,11,13). The van der Waals surface area contributed by atoms with Gasteiger partial charge < -0.3 is 5.73 Å². The number of halogens is 1. The summed E-state index contributed by atoms with van der Waals surface area (Å²) in [6.07, 6.45) is 2.15. The minimum Gasteiger partial charge on any atom is -0.366 e. The quantitative estimate of drug-likeness (QED) is 0.733. The molecule has 1 heterocycles. The molecule has 1 saturated carbocycles. The van der Waals surface area contributed by atoms with Crippen LogP contribution in [0.1, 0.15) is 34.8 Å². The number of carbonyl (C=O) groups excluding carboxylic acids is 1. The lowest BCUT2D eigenvalue weighted by Crippen LogP contribution is -2.14. The SMILES string of the molecule is NC(=O)c1ccc(Cl)nc1C1CC1. The average molecular weight is 197 g/mol. The number of hydrogen-bond acceptors (Lipinski definition) is 2. The van der Waals surface area contributed by atoms with Gasteiger partial charge in [-0.1, -0.05) is 11.6 Å². The van der Waals surface area contributed by atoms with Gasteiger partial charge in [0, 0.05) is 5.92 Å². The highest BCUT2D eigenvalue weighted by Crippen LogP contribution is 2.40. The molecule has 13 heavy (non-hydrogen) atoms. The van der Waals surface area contributed by atoms with Crippen LogP contribution in [0.2, 0.25) is 5.15 Å². The van der Waals surface area contributed by atoms with Crippen LogP contribution in [0.15, 0.2) is 12.1 Å². The lowest BCUT2D eigenvalue weighted by molar-refractivity contribution is 0.0999. The molecule has 2 rings (SSSR count). The van der Waals surface area contributed by atoms with Gasteiger partial charge in [0.2, 0.25) is 0 Å². The molecule has 0 radical (unpaired) electrons. The molecular weight excluding hydrogens is 188 g/mol. The van der Waals surface area contributed by atoms with Crippen molar-refractivity contribution in [3.8, 4) is 0 Å². The van der Waals surface area contributed by atoms with Crippen LogP contribution in [-0.2, 0) is 0 Å². The van der Waals surface area contributed by atoms with Gasteiger partial charge in [0.05, 0.1) is 11.3 Å². The Morgan fingerprint density at radius 3 is 2.77 bits per heavy atom. The molecule has 1 fully saturated rings. The van der Waals surface area contributed by atoms with Crippen molar-refractivity contribution in [3.05, 3.63) is 28.5 Å². The summed E-state index contributed by atoms with van der Waals surface area (Å²) in [5.41, 5.74) is 6.48. The van der Waals surface area contributed by atoms with Gasteiger partial charge >= 0.3 is 0 Å². The molecule has 2 N–H and O–H groups in total. The summed E-state index contributed by atoms with van der Waals surface area (Å²) < 4.78 is 0. The predicted molar refractivity (Wildman–Crippen MR) is 49.7 cm³/mol. The molecule has 3 nitrogen and oxygen atoms in total. The number of carbonyl (C=O) groups is 1. The molecule has 0 aromatic carbocycles. The van der Waals surface area contributed by atoms with Crippen molar-refractivity contribution in [2.45, 2.75) is 18.8 Å². The van der Waals surface area contributed by atoms with Gasteiger partial charge in [-0.05, 0) is 25.0 Å². The van der Waals surface area contributed by atoms with Gasteiger partial charge in [0.25, 0.3) is 5.91 Å². The summed E-state index contributed by atoms with van der Waals surface area (Å²) >= 11 is 5.73. The maximum absolute atomic E-state index is 11.0. The van der Waals surface area contributed by atoms with Crippen molar-refractivity contribution >= 4 is 17.5 Å². The zero-order valence-corrected chi connectivity index (χ0v) is 7.71. The summed E-state index contributed by atoms with van der Waals surface area (Å²) in [5, 5.41) is 0.423. The highest BCUT2D eigenvalue weighted by atomic mass is 35.5. The Bertz CT molecular complexity index is 361. The number of hydrogen-bond donors (Lipinski definition) is 1. The molecule has 1 amide bonds. The third kappa shape index (κ3) is 1.65. The molecular formula is C9H9ClN2O. The Labute approximate surface area is 80.9 Å². The molecule has 1 aromatic heterocycles. The van der Waals surface area contributed by atoms with E-state index in [1.807, 2.05) is 0 Å². The first kappa shape index (κ1) is 8.51. The van der Waals surface area contributed by atoms with E-state index in [0.29, 0.717) is 16.6 Å². The Hall–Kier alpha value is -1.09. The average Bonchev–Trinajstić information content (AvgIpc) is 2.85. The zero-order chi connectivity index (χ0) is 9.42. The summed E-state index contributed by atoms with van der Waals surface area (Å²) in [6.45, 7) is 0. The Morgan fingerprint density at radius 1 is 1.54 bits per heavy atom. The zero-order valence-electron chi connectivity index (χ0n) is 6.96. The number of primary amides is 1. The lowest BCUT2D eigenvalue weighted by Gasteiger charge is -2.03. The molecule has 68 valence electrons. The number of nitrogens with zero attached hydrogens (tertiary/aromatic N) is 1. The van der Waals surface area contributed by atoms with Gasteiger partial charge in [-0.25, -0.2) is 4.98 Å². The molecule has 0 aliphatic heterocycles. The highest BCUT2D eigenvalue weighted by molar-refractivity contribution is 6.29. The topological polar surface area (TPSA) is 56.0 Å². The molecule has 1 aliphatic rings. The van der Waals surface area contributed by atoms with E-state index in [1.165, 1.54) is 0 Å². The van der Waals surface area contributed by atoms with Crippen LogP contribution in [0.3, 0.4) is 0 Å². The summed E-state index contributed by atoms with van der Waals surface area (Å²) in [4.78, 5) is 15.1. The van der Waals surface area contributed by atoms with Crippen LogP contribution in [0.4, 0.5) is 0 Å². The smallest absolute Gasteiger partial charge is 0.250 e. The van der Waals surface area contributed by atoms with Crippen LogP contribution >= 0.6 is 11.6 Å². The maximum Gasteiger partial charge on any atom is 0.250 e. The van der Waals surface area contributed by atoms with Gasteiger partial charge in [0.15, 0.2) is 0 Å². The monoisotopic (exact) mass is 196 g/mol. The predicted octanol–water partition coefficient (Wildman–Crippen LogP) is 1.71. The van der Waals surface area contributed by atoms with Crippen LogP contribution in [-0.4, -0.2) is 10.9 Å². The Kier molecular flexibility index (Phi) is 1.96. The lowest BCUT2D eigenvalue weighted by atomic mass is 10.1. The Morgan fingerprint density at radius 2 is 2.23 bits per heavy atom. The van der Waals surface area contributed by atoms with Gasteiger partial charge in [-0.2, -0.15) is 0 Å². The first-order valence-electron chi connectivity index (χ1n) is 4.14. The summed E-state index contributed by atoms with van der Waals surface area (Å²) in [7, 11) is 0. The van der Waals surface area contributed by atoms with E-state index in [9.17, 15) is 4.79 Å². The van der Waals surface area contributed by atoms with Crippen molar-refractivity contribution in [3.63, 3.8) is 0 Å². The summed E-state index contributed by atoms with van der Waals surface area (Å²) in [6, 6.07) is 3.23. The molecule has 1 aliphatic carbocycles. The maximum atomic E-state index is 11.0. The number of rotatable bonds is 2. The van der Waals surface area contributed by atoms with E-state index < -0.39 is 5.91 Å². The largest absolute Gasteiger partial charge is 0.366 e. The molecule has 0 saturated heterocycles.